The number of benzene rings is 1. The summed E-state index contributed by atoms with van der Waals surface area (Å²) in [6, 6.07) is 9.31. The summed E-state index contributed by atoms with van der Waals surface area (Å²) < 4.78 is 21.9. The molecule has 1 fully saturated rings. The number of hydrogen-bond acceptors (Lipinski definition) is 5. The third-order valence-corrected chi connectivity index (χ3v) is 4.48. The van der Waals surface area contributed by atoms with Crippen LogP contribution in [0.1, 0.15) is 17.4 Å². The minimum Gasteiger partial charge on any atom is -0.497 e. The molecule has 0 bridgehead atoms. The van der Waals surface area contributed by atoms with Crippen LogP contribution in [0.4, 0.5) is 0 Å². The monoisotopic (exact) mass is 341 g/mol. The maximum atomic E-state index is 12.7. The molecule has 2 aromatic heterocycles. The van der Waals surface area contributed by atoms with E-state index in [4.69, 9.17) is 18.3 Å². The first kappa shape index (κ1) is 15.8. The van der Waals surface area contributed by atoms with Crippen LogP contribution in [-0.4, -0.2) is 37.6 Å². The number of carbonyl (C=O) groups excluding carboxylic acids is 1. The highest BCUT2D eigenvalue weighted by Gasteiger charge is 2.27. The molecule has 1 amide bonds. The number of fused-ring (bicyclic) bond motifs is 1. The van der Waals surface area contributed by atoms with E-state index < -0.39 is 0 Å². The number of methoxy groups -OCH3 is 1. The number of carbonyl (C=O) groups is 1. The van der Waals surface area contributed by atoms with E-state index in [-0.39, 0.29) is 12.0 Å². The zero-order valence-electron chi connectivity index (χ0n) is 13.9. The fraction of sp³-hybridized carbons (Fsp3) is 0.316. The van der Waals surface area contributed by atoms with E-state index in [1.165, 1.54) is 0 Å². The summed E-state index contributed by atoms with van der Waals surface area (Å²) in [6.07, 6.45) is 3.35. The Morgan fingerprint density at radius 2 is 2.24 bits per heavy atom. The second-order valence-electron chi connectivity index (χ2n) is 6.01. The van der Waals surface area contributed by atoms with Gasteiger partial charge in [-0.2, -0.15) is 0 Å². The molecular formula is C19H19NO5. The van der Waals surface area contributed by atoms with Crippen molar-refractivity contribution in [3.05, 3.63) is 54.2 Å². The Morgan fingerprint density at radius 1 is 1.32 bits per heavy atom. The van der Waals surface area contributed by atoms with Crippen molar-refractivity contribution in [3.63, 3.8) is 0 Å². The zero-order chi connectivity index (χ0) is 17.2. The fourth-order valence-electron chi connectivity index (χ4n) is 3.12. The Bertz CT molecular complexity index is 867. The van der Waals surface area contributed by atoms with Gasteiger partial charge in [0.25, 0.3) is 0 Å². The second-order valence-corrected chi connectivity index (χ2v) is 6.01. The van der Waals surface area contributed by atoms with Gasteiger partial charge in [0.05, 0.1) is 39.2 Å². The van der Waals surface area contributed by atoms with Crippen molar-refractivity contribution in [1.29, 1.82) is 0 Å². The summed E-state index contributed by atoms with van der Waals surface area (Å²) in [5.74, 6) is 1.53. The van der Waals surface area contributed by atoms with E-state index in [0.29, 0.717) is 26.1 Å². The summed E-state index contributed by atoms with van der Waals surface area (Å²) in [5.41, 5.74) is 1.60. The topological polar surface area (TPSA) is 65.0 Å². The highest BCUT2D eigenvalue weighted by Crippen LogP contribution is 2.27. The number of nitrogens with zero attached hydrogens (tertiary/aromatic N) is 1. The Kier molecular flexibility index (Phi) is 4.19. The van der Waals surface area contributed by atoms with Gasteiger partial charge in [-0.05, 0) is 24.3 Å². The van der Waals surface area contributed by atoms with Gasteiger partial charge in [0.15, 0.2) is 0 Å². The van der Waals surface area contributed by atoms with E-state index in [1.807, 2.05) is 35.2 Å². The van der Waals surface area contributed by atoms with E-state index in [2.05, 4.69) is 0 Å². The van der Waals surface area contributed by atoms with Gasteiger partial charge in [-0.25, -0.2) is 0 Å². The van der Waals surface area contributed by atoms with Crippen LogP contribution in [0.2, 0.25) is 0 Å². The van der Waals surface area contributed by atoms with Gasteiger partial charge < -0.3 is 23.2 Å². The van der Waals surface area contributed by atoms with Gasteiger partial charge in [0, 0.05) is 23.6 Å². The first-order valence-corrected chi connectivity index (χ1v) is 8.21. The molecule has 0 unspecified atom stereocenters. The molecule has 6 heteroatoms. The largest absolute Gasteiger partial charge is 0.497 e. The minimum absolute atomic E-state index is 0.0541. The molecule has 0 spiro atoms. The van der Waals surface area contributed by atoms with Gasteiger partial charge in [0.1, 0.15) is 23.2 Å². The molecule has 1 aliphatic heterocycles. The quantitative estimate of drug-likeness (QED) is 0.729. The van der Waals surface area contributed by atoms with Crippen LogP contribution in [0.5, 0.6) is 5.75 Å². The van der Waals surface area contributed by atoms with E-state index >= 15 is 0 Å². The van der Waals surface area contributed by atoms with Gasteiger partial charge in [0.2, 0.25) is 5.91 Å². The molecule has 3 heterocycles. The third-order valence-electron chi connectivity index (χ3n) is 4.48. The van der Waals surface area contributed by atoms with E-state index in [1.54, 1.807) is 19.6 Å². The third kappa shape index (κ3) is 3.13. The lowest BCUT2D eigenvalue weighted by molar-refractivity contribution is -0.138. The molecule has 25 heavy (non-hydrogen) atoms. The molecule has 0 N–H and O–H groups in total. The van der Waals surface area contributed by atoms with Gasteiger partial charge in [-0.3, -0.25) is 4.79 Å². The van der Waals surface area contributed by atoms with Crippen molar-refractivity contribution in [2.24, 2.45) is 0 Å². The predicted octanol–water partition coefficient (Wildman–Crippen LogP) is 3.18. The summed E-state index contributed by atoms with van der Waals surface area (Å²) in [7, 11) is 1.61. The molecule has 3 aromatic rings. The standard InChI is InChI=1S/C19H19NO5/c1-22-14-4-5-15-13(12-25-17(15)10-14)9-19(21)20-6-8-24-18(11-20)16-3-2-7-23-16/h2-5,7,10,12,18H,6,8-9,11H2,1H3/t18-/m1/s1. The van der Waals surface area contributed by atoms with Crippen molar-refractivity contribution < 1.29 is 23.1 Å². The average molecular weight is 341 g/mol. The summed E-state index contributed by atoms with van der Waals surface area (Å²) >= 11 is 0. The highest BCUT2D eigenvalue weighted by atomic mass is 16.5. The molecule has 0 radical (unpaired) electrons. The van der Waals surface area contributed by atoms with Crippen LogP contribution in [0.15, 0.2) is 51.7 Å². The van der Waals surface area contributed by atoms with Crippen molar-refractivity contribution in [2.75, 3.05) is 26.8 Å². The fourth-order valence-corrected chi connectivity index (χ4v) is 3.12. The van der Waals surface area contributed by atoms with Crippen LogP contribution < -0.4 is 4.74 Å². The Balaban J connectivity index is 1.48. The first-order valence-electron chi connectivity index (χ1n) is 8.21. The molecular weight excluding hydrogens is 322 g/mol. The molecule has 1 saturated heterocycles. The van der Waals surface area contributed by atoms with Crippen molar-refractivity contribution >= 4 is 16.9 Å². The van der Waals surface area contributed by atoms with Crippen LogP contribution in [-0.2, 0) is 16.0 Å². The number of morpholine rings is 1. The van der Waals surface area contributed by atoms with Crippen molar-refractivity contribution in [3.8, 4) is 5.75 Å². The number of rotatable bonds is 4. The van der Waals surface area contributed by atoms with Gasteiger partial charge in [-0.15, -0.1) is 0 Å². The van der Waals surface area contributed by atoms with Gasteiger partial charge in [-0.1, -0.05) is 0 Å². The second kappa shape index (κ2) is 6.64. The van der Waals surface area contributed by atoms with Crippen molar-refractivity contribution in [2.45, 2.75) is 12.5 Å². The molecule has 130 valence electrons. The van der Waals surface area contributed by atoms with Gasteiger partial charge >= 0.3 is 0 Å². The Labute approximate surface area is 144 Å². The molecule has 4 rings (SSSR count). The number of ether oxygens (including phenoxy) is 2. The SMILES string of the molecule is COc1ccc2c(CC(=O)N3CCO[C@@H](c4ccco4)C3)coc2c1. The zero-order valence-corrected chi connectivity index (χ0v) is 13.9. The maximum absolute atomic E-state index is 12.7. The van der Waals surface area contributed by atoms with Crippen LogP contribution in [0.3, 0.4) is 0 Å². The predicted molar refractivity (Wildman–Crippen MR) is 90.5 cm³/mol. The lowest BCUT2D eigenvalue weighted by atomic mass is 10.1. The molecule has 6 nitrogen and oxygen atoms in total. The highest BCUT2D eigenvalue weighted by molar-refractivity contribution is 5.88. The molecule has 1 aliphatic rings. The van der Waals surface area contributed by atoms with Crippen LogP contribution in [0.25, 0.3) is 11.0 Å². The van der Waals surface area contributed by atoms with Crippen LogP contribution in [0, 0.1) is 0 Å². The molecule has 0 aliphatic carbocycles. The molecule has 1 atom stereocenters. The smallest absolute Gasteiger partial charge is 0.227 e. The van der Waals surface area contributed by atoms with Crippen LogP contribution >= 0.6 is 0 Å². The summed E-state index contributed by atoms with van der Waals surface area (Å²) in [5, 5.41) is 0.935. The van der Waals surface area contributed by atoms with E-state index in [0.717, 1.165) is 28.0 Å². The van der Waals surface area contributed by atoms with Crippen molar-refractivity contribution in [1.82, 2.24) is 4.90 Å². The first-order chi connectivity index (χ1) is 12.2. The molecule has 0 saturated carbocycles. The minimum atomic E-state index is -0.210. The number of hydrogen-bond donors (Lipinski definition) is 0. The number of amides is 1. The normalized spacial score (nSPS) is 17.8. The summed E-state index contributed by atoms with van der Waals surface area (Å²) in [6.45, 7) is 1.58. The lowest BCUT2D eigenvalue weighted by Gasteiger charge is -2.32. The lowest BCUT2D eigenvalue weighted by Crippen LogP contribution is -2.42. The maximum Gasteiger partial charge on any atom is 0.227 e. The average Bonchev–Trinajstić information content (AvgIpc) is 3.32. The van der Waals surface area contributed by atoms with E-state index in [9.17, 15) is 4.79 Å². The Hall–Kier alpha value is -2.73. The summed E-state index contributed by atoms with van der Waals surface area (Å²) in [4.78, 5) is 14.5. The number of furan rings is 2. The Morgan fingerprint density at radius 3 is 3.04 bits per heavy atom. The molecule has 1 aromatic carbocycles.